The molecule has 0 radical (unpaired) electrons. The Labute approximate surface area is 110 Å². The molecule has 5 nitrogen and oxygen atoms in total. The van der Waals surface area contributed by atoms with E-state index in [-0.39, 0.29) is 0 Å². The van der Waals surface area contributed by atoms with E-state index in [9.17, 15) is 26.7 Å². The molecule has 1 aromatic carbocycles. The summed E-state index contributed by atoms with van der Waals surface area (Å²) in [4.78, 5) is 26.2. The van der Waals surface area contributed by atoms with Crippen molar-refractivity contribution >= 4 is 15.0 Å². The topological polar surface area (TPSA) is 94.8 Å². The minimum atomic E-state index is -4.95. The largest absolute Gasteiger partial charge is 0.344 e. The van der Waals surface area contributed by atoms with Crippen LogP contribution in [0.3, 0.4) is 0 Å². The highest BCUT2D eigenvalue weighted by atomic mass is 31.2. The molecule has 0 amide bonds. The Morgan fingerprint density at radius 3 is 1.35 bits per heavy atom. The molecule has 0 fully saturated rings. The summed E-state index contributed by atoms with van der Waals surface area (Å²) >= 11 is 0. The molecule has 0 heterocycles. The standard InChI is InChI=1S/C9H10F4O5P2/c1-19(14,15)2-4-6(10)8(12)5(3-20(16,17)18)9(13)7(4)11/h2-3H2,1H3,(H,14,15)(H2,16,17,18). The lowest BCUT2D eigenvalue weighted by molar-refractivity contribution is 0.366. The van der Waals surface area contributed by atoms with Crippen molar-refractivity contribution in [1.82, 2.24) is 0 Å². The zero-order chi connectivity index (χ0) is 15.9. The molecule has 20 heavy (non-hydrogen) atoms. The van der Waals surface area contributed by atoms with Crippen molar-refractivity contribution in [3.8, 4) is 0 Å². The van der Waals surface area contributed by atoms with Crippen LogP contribution in [0.5, 0.6) is 0 Å². The highest BCUT2D eigenvalue weighted by Crippen LogP contribution is 2.44. The van der Waals surface area contributed by atoms with Crippen LogP contribution in [0, 0.1) is 23.3 Å². The summed E-state index contributed by atoms with van der Waals surface area (Å²) in [5.74, 6) is -7.86. The number of hydrogen-bond donors (Lipinski definition) is 3. The molecule has 0 aliphatic heterocycles. The van der Waals surface area contributed by atoms with E-state index in [0.29, 0.717) is 0 Å². The summed E-state index contributed by atoms with van der Waals surface area (Å²) in [6, 6.07) is 0. The fourth-order valence-corrected chi connectivity index (χ4v) is 3.05. The summed E-state index contributed by atoms with van der Waals surface area (Å²) in [5.41, 5.74) is -2.72. The summed E-state index contributed by atoms with van der Waals surface area (Å²) in [6.45, 7) is 0.741. The molecule has 1 aromatic rings. The van der Waals surface area contributed by atoms with Gasteiger partial charge in [-0.25, -0.2) is 17.6 Å². The molecular weight excluding hydrogens is 326 g/mol. The highest BCUT2D eigenvalue weighted by Gasteiger charge is 2.31. The number of halogens is 4. The summed E-state index contributed by atoms with van der Waals surface area (Å²) in [5, 5.41) is 0. The fourth-order valence-electron chi connectivity index (χ4n) is 1.50. The molecule has 0 saturated carbocycles. The number of hydrogen-bond acceptors (Lipinski definition) is 2. The van der Waals surface area contributed by atoms with Crippen molar-refractivity contribution in [3.05, 3.63) is 34.4 Å². The third-order valence-electron chi connectivity index (χ3n) is 2.26. The average molecular weight is 336 g/mol. The number of rotatable bonds is 4. The summed E-state index contributed by atoms with van der Waals surface area (Å²) < 4.78 is 75.9. The molecule has 0 aliphatic carbocycles. The van der Waals surface area contributed by atoms with Gasteiger partial charge in [-0.2, -0.15) is 0 Å². The van der Waals surface area contributed by atoms with Gasteiger partial charge in [0, 0.05) is 17.8 Å². The van der Waals surface area contributed by atoms with Crippen molar-refractivity contribution in [1.29, 1.82) is 0 Å². The van der Waals surface area contributed by atoms with Crippen LogP contribution in [0.2, 0.25) is 0 Å². The first-order valence-corrected chi connectivity index (χ1v) is 9.10. The predicted molar refractivity (Wildman–Crippen MR) is 61.5 cm³/mol. The second kappa shape index (κ2) is 5.58. The van der Waals surface area contributed by atoms with E-state index in [1.54, 1.807) is 0 Å². The molecule has 0 spiro atoms. The van der Waals surface area contributed by atoms with Gasteiger partial charge >= 0.3 is 7.60 Å². The van der Waals surface area contributed by atoms with E-state index in [2.05, 4.69) is 0 Å². The Kier molecular flexibility index (Phi) is 4.83. The Hall–Kier alpha value is -0.720. The maximum atomic E-state index is 13.5. The van der Waals surface area contributed by atoms with Gasteiger partial charge in [-0.1, -0.05) is 0 Å². The van der Waals surface area contributed by atoms with Gasteiger partial charge < -0.3 is 14.7 Å². The van der Waals surface area contributed by atoms with Crippen LogP contribution in [0.4, 0.5) is 17.6 Å². The van der Waals surface area contributed by atoms with E-state index < -0.39 is 61.7 Å². The SMILES string of the molecule is CP(=O)(O)Cc1c(F)c(F)c(CP(=O)(O)O)c(F)c1F. The van der Waals surface area contributed by atoms with Gasteiger partial charge in [-0.15, -0.1) is 0 Å². The first kappa shape index (κ1) is 17.3. The van der Waals surface area contributed by atoms with E-state index in [1.165, 1.54) is 0 Å². The van der Waals surface area contributed by atoms with Crippen molar-refractivity contribution in [2.45, 2.75) is 12.3 Å². The van der Waals surface area contributed by atoms with Gasteiger partial charge in [0.25, 0.3) is 0 Å². The maximum absolute atomic E-state index is 13.5. The lowest BCUT2D eigenvalue weighted by Gasteiger charge is -2.13. The van der Waals surface area contributed by atoms with Crippen LogP contribution >= 0.6 is 15.0 Å². The molecule has 0 aliphatic rings. The van der Waals surface area contributed by atoms with Crippen molar-refractivity contribution in [2.75, 3.05) is 6.66 Å². The Balaban J connectivity index is 3.49. The van der Waals surface area contributed by atoms with Crippen LogP contribution in [-0.4, -0.2) is 21.3 Å². The van der Waals surface area contributed by atoms with Crippen molar-refractivity contribution in [3.63, 3.8) is 0 Å². The Morgan fingerprint density at radius 2 is 1.10 bits per heavy atom. The lowest BCUT2D eigenvalue weighted by atomic mass is 10.1. The Morgan fingerprint density at radius 1 is 0.800 bits per heavy atom. The third-order valence-corrected chi connectivity index (χ3v) is 3.89. The maximum Gasteiger partial charge on any atom is 0.330 e. The molecular formula is C9H10F4O5P2. The molecule has 0 saturated heterocycles. The predicted octanol–water partition coefficient (Wildman–Crippen LogP) is 2.32. The van der Waals surface area contributed by atoms with Crippen LogP contribution in [0.15, 0.2) is 0 Å². The fraction of sp³-hybridized carbons (Fsp3) is 0.333. The van der Waals surface area contributed by atoms with Gasteiger partial charge in [-0.3, -0.25) is 9.13 Å². The van der Waals surface area contributed by atoms with Crippen molar-refractivity contribution in [2.24, 2.45) is 0 Å². The van der Waals surface area contributed by atoms with Gasteiger partial charge in [0.1, 0.15) is 0 Å². The van der Waals surface area contributed by atoms with E-state index in [4.69, 9.17) is 14.7 Å². The highest BCUT2D eigenvalue weighted by molar-refractivity contribution is 7.56. The molecule has 1 unspecified atom stereocenters. The first-order valence-electron chi connectivity index (χ1n) is 5.01. The zero-order valence-corrected chi connectivity index (χ0v) is 11.8. The normalized spacial score (nSPS) is 15.2. The first-order chi connectivity index (χ1) is 8.83. The van der Waals surface area contributed by atoms with Crippen LogP contribution < -0.4 is 0 Å². The molecule has 0 bridgehead atoms. The number of benzene rings is 1. The average Bonchev–Trinajstić information content (AvgIpc) is 2.25. The van der Waals surface area contributed by atoms with Crippen LogP contribution in [-0.2, 0) is 21.5 Å². The monoisotopic (exact) mass is 336 g/mol. The second-order valence-corrected chi connectivity index (χ2v) is 8.31. The molecule has 114 valence electrons. The van der Waals surface area contributed by atoms with Gasteiger partial charge in [0.05, 0.1) is 12.3 Å². The third kappa shape index (κ3) is 4.14. The van der Waals surface area contributed by atoms with E-state index in [0.717, 1.165) is 6.66 Å². The van der Waals surface area contributed by atoms with Crippen LogP contribution in [0.25, 0.3) is 0 Å². The molecule has 3 N–H and O–H groups in total. The molecule has 1 atom stereocenters. The molecule has 1 rings (SSSR count). The summed E-state index contributed by atoms with van der Waals surface area (Å²) in [7, 11) is -8.96. The zero-order valence-electron chi connectivity index (χ0n) is 9.98. The van der Waals surface area contributed by atoms with E-state index >= 15 is 0 Å². The minimum absolute atomic E-state index is 0.741. The van der Waals surface area contributed by atoms with E-state index in [1.807, 2.05) is 0 Å². The Bertz CT molecular complexity index is 552. The molecule has 0 aromatic heterocycles. The van der Waals surface area contributed by atoms with Crippen LogP contribution in [0.1, 0.15) is 11.1 Å². The quantitative estimate of drug-likeness (QED) is 0.446. The van der Waals surface area contributed by atoms with Gasteiger partial charge in [-0.05, 0) is 0 Å². The smallest absolute Gasteiger partial charge is 0.330 e. The second-order valence-electron chi connectivity index (χ2n) is 4.24. The van der Waals surface area contributed by atoms with Gasteiger partial charge in [0.15, 0.2) is 23.3 Å². The lowest BCUT2D eigenvalue weighted by Crippen LogP contribution is -2.09. The molecule has 11 heteroatoms. The minimum Gasteiger partial charge on any atom is -0.344 e. The van der Waals surface area contributed by atoms with Gasteiger partial charge in [0.2, 0.25) is 7.37 Å². The van der Waals surface area contributed by atoms with Crippen molar-refractivity contribution < 1.29 is 41.4 Å². The summed E-state index contributed by atoms with van der Waals surface area (Å²) in [6.07, 6.45) is -2.67.